The molecule has 3 unspecified atom stereocenters. The van der Waals surface area contributed by atoms with Gasteiger partial charge >= 0.3 is 0 Å². The average Bonchev–Trinajstić information content (AvgIpc) is 2.86. The van der Waals surface area contributed by atoms with Crippen LogP contribution in [0.4, 0.5) is 0 Å². The van der Waals surface area contributed by atoms with Gasteiger partial charge in [-0.25, -0.2) is 4.99 Å². The van der Waals surface area contributed by atoms with Crippen molar-refractivity contribution in [1.82, 2.24) is 5.32 Å². The maximum atomic E-state index is 11.4. The van der Waals surface area contributed by atoms with Crippen LogP contribution >= 0.6 is 0 Å². The number of allylic oxidation sites excluding steroid dienone is 2. The molecule has 120 valence electrons. The molecule has 1 heterocycles. The summed E-state index contributed by atoms with van der Waals surface area (Å²) in [6.45, 7) is 9.91. The lowest BCUT2D eigenvalue weighted by molar-refractivity contribution is -0.959. The number of unbranched alkanes of at least 4 members (excludes halogenated alkanes) is 3. The van der Waals surface area contributed by atoms with Gasteiger partial charge in [0.2, 0.25) is 5.91 Å². The van der Waals surface area contributed by atoms with Crippen molar-refractivity contribution in [2.45, 2.75) is 72.1 Å². The van der Waals surface area contributed by atoms with Crippen LogP contribution in [0.1, 0.15) is 59.8 Å². The van der Waals surface area contributed by atoms with E-state index in [-0.39, 0.29) is 12.1 Å². The zero-order valence-corrected chi connectivity index (χ0v) is 14.1. The fraction of sp³-hybridized carbons (Fsp3) is 0.765. The van der Waals surface area contributed by atoms with Crippen LogP contribution in [0.5, 0.6) is 0 Å². The lowest BCUT2D eigenvalue weighted by Crippen LogP contribution is -2.63. The van der Waals surface area contributed by atoms with Crippen molar-refractivity contribution in [3.63, 3.8) is 0 Å². The predicted molar refractivity (Wildman–Crippen MR) is 89.1 cm³/mol. The lowest BCUT2D eigenvalue weighted by Gasteiger charge is -2.42. The second-order valence-electron chi connectivity index (χ2n) is 6.00. The Bertz CT molecular complexity index is 378. The van der Waals surface area contributed by atoms with Crippen LogP contribution in [0.3, 0.4) is 0 Å². The summed E-state index contributed by atoms with van der Waals surface area (Å²) in [7, 11) is 0. The molecule has 0 aromatic heterocycles. The molecule has 0 bridgehead atoms. The van der Waals surface area contributed by atoms with E-state index in [1.165, 1.54) is 25.7 Å². The lowest BCUT2D eigenvalue weighted by atomic mass is 10.1. The van der Waals surface area contributed by atoms with Crippen LogP contribution in [0.2, 0.25) is 0 Å². The topological polar surface area (TPSA) is 41.5 Å². The van der Waals surface area contributed by atoms with Crippen molar-refractivity contribution in [2.75, 3.05) is 13.1 Å². The van der Waals surface area contributed by atoms with E-state index < -0.39 is 0 Å². The molecule has 4 nitrogen and oxygen atoms in total. The van der Waals surface area contributed by atoms with E-state index in [2.05, 4.69) is 38.2 Å². The van der Waals surface area contributed by atoms with Gasteiger partial charge in [0.1, 0.15) is 6.54 Å². The van der Waals surface area contributed by atoms with E-state index in [0.29, 0.717) is 6.17 Å². The van der Waals surface area contributed by atoms with Gasteiger partial charge in [0, 0.05) is 20.3 Å². The van der Waals surface area contributed by atoms with Crippen molar-refractivity contribution >= 4 is 12.1 Å². The molecule has 0 saturated carbocycles. The summed E-state index contributed by atoms with van der Waals surface area (Å²) in [5.74, 6) is 0.0467. The fourth-order valence-electron chi connectivity index (χ4n) is 3.29. The number of aliphatic imine (C=N–C) groups is 1. The van der Waals surface area contributed by atoms with Crippen LogP contribution < -0.4 is 5.32 Å². The normalized spacial score (nSPS) is 26.4. The molecule has 0 aromatic carbocycles. The van der Waals surface area contributed by atoms with Gasteiger partial charge in [-0.2, -0.15) is 0 Å². The van der Waals surface area contributed by atoms with Crippen molar-refractivity contribution in [3.8, 4) is 0 Å². The van der Waals surface area contributed by atoms with Crippen molar-refractivity contribution in [3.05, 3.63) is 12.2 Å². The molecule has 0 saturated heterocycles. The van der Waals surface area contributed by atoms with E-state index in [9.17, 15) is 4.79 Å². The van der Waals surface area contributed by atoms with Gasteiger partial charge < -0.3 is 5.32 Å². The molecular formula is C17H32N3O+. The third kappa shape index (κ3) is 4.95. The highest BCUT2D eigenvalue weighted by molar-refractivity contribution is 5.73. The Morgan fingerprint density at radius 2 is 2.24 bits per heavy atom. The molecule has 0 radical (unpaired) electrons. The number of amides is 1. The van der Waals surface area contributed by atoms with Crippen LogP contribution in [-0.4, -0.2) is 42.0 Å². The van der Waals surface area contributed by atoms with E-state index in [4.69, 9.17) is 4.99 Å². The van der Waals surface area contributed by atoms with Gasteiger partial charge in [-0.3, -0.25) is 9.28 Å². The Hall–Kier alpha value is -1.16. The second-order valence-corrected chi connectivity index (χ2v) is 6.00. The number of hydrogen-bond donors (Lipinski definition) is 1. The summed E-state index contributed by atoms with van der Waals surface area (Å²) in [4.78, 5) is 16.1. The molecule has 1 amide bonds. The minimum absolute atomic E-state index is 0.0467. The molecule has 3 atom stereocenters. The van der Waals surface area contributed by atoms with Gasteiger partial charge in [0.25, 0.3) is 0 Å². The first-order chi connectivity index (χ1) is 10.1. The zero-order valence-electron chi connectivity index (χ0n) is 14.1. The molecule has 0 aromatic rings. The number of nitrogens with zero attached hydrogens (tertiary/aromatic N) is 2. The summed E-state index contributed by atoms with van der Waals surface area (Å²) in [6.07, 6.45) is 12.9. The number of carbonyl (C=O) groups excluding carboxylic acids is 1. The maximum Gasteiger partial charge on any atom is 0.221 e. The molecule has 0 fully saturated rings. The minimum Gasteiger partial charge on any atom is -0.307 e. The minimum atomic E-state index is 0.0467. The quantitative estimate of drug-likeness (QED) is 0.396. The Kier molecular flexibility index (Phi) is 7.65. The van der Waals surface area contributed by atoms with Gasteiger partial charge in [-0.05, 0) is 33.1 Å². The number of nitrogens with one attached hydrogen (secondary N) is 1. The first-order valence-corrected chi connectivity index (χ1v) is 8.33. The zero-order chi connectivity index (χ0) is 15.7. The average molecular weight is 294 g/mol. The van der Waals surface area contributed by atoms with Crippen LogP contribution in [0.15, 0.2) is 17.1 Å². The van der Waals surface area contributed by atoms with E-state index >= 15 is 0 Å². The summed E-state index contributed by atoms with van der Waals surface area (Å²) in [6, 6.07) is 0. The highest BCUT2D eigenvalue weighted by Gasteiger charge is 2.42. The van der Waals surface area contributed by atoms with Crippen molar-refractivity contribution in [2.24, 2.45) is 4.99 Å². The van der Waals surface area contributed by atoms with Gasteiger partial charge in [-0.15, -0.1) is 0 Å². The van der Waals surface area contributed by atoms with Gasteiger partial charge in [0.15, 0.2) is 12.3 Å². The smallest absolute Gasteiger partial charge is 0.221 e. The summed E-state index contributed by atoms with van der Waals surface area (Å²) in [5, 5.41) is 3.07. The van der Waals surface area contributed by atoms with Crippen molar-refractivity contribution < 1.29 is 9.28 Å². The Balaban J connectivity index is 2.50. The Labute approximate surface area is 129 Å². The monoisotopic (exact) mass is 294 g/mol. The number of hydrogen-bond acceptors (Lipinski definition) is 2. The Morgan fingerprint density at radius 1 is 1.48 bits per heavy atom. The third-order valence-corrected chi connectivity index (χ3v) is 4.63. The molecule has 21 heavy (non-hydrogen) atoms. The maximum absolute atomic E-state index is 11.4. The van der Waals surface area contributed by atoms with Crippen LogP contribution in [0.25, 0.3) is 0 Å². The molecule has 1 aliphatic heterocycles. The van der Waals surface area contributed by atoms with Gasteiger partial charge in [0.05, 0.1) is 12.8 Å². The highest BCUT2D eigenvalue weighted by atomic mass is 16.1. The number of rotatable bonds is 9. The molecule has 1 rings (SSSR count). The van der Waals surface area contributed by atoms with E-state index in [1.54, 1.807) is 6.92 Å². The number of quaternary nitrogens is 1. The molecule has 1 N–H and O–H groups in total. The standard InChI is InChI=1S/C17H31N3O/c1-5-7-8-9-10-11-12-17-18-13-14-20(17,6-2)15(3)19-16(4)21/h5,7,13,15,17H,6,8-12,14H2,1-4H3/p+1/b7-5+. The summed E-state index contributed by atoms with van der Waals surface area (Å²) in [5.41, 5.74) is 0. The largest absolute Gasteiger partial charge is 0.307 e. The van der Waals surface area contributed by atoms with Gasteiger partial charge in [-0.1, -0.05) is 18.6 Å². The predicted octanol–water partition coefficient (Wildman–Crippen LogP) is 3.24. The fourth-order valence-corrected chi connectivity index (χ4v) is 3.29. The second kappa shape index (κ2) is 8.98. The summed E-state index contributed by atoms with van der Waals surface area (Å²) < 4.78 is 0.869. The van der Waals surface area contributed by atoms with Crippen molar-refractivity contribution in [1.29, 1.82) is 0 Å². The highest BCUT2D eigenvalue weighted by Crippen LogP contribution is 2.26. The van der Waals surface area contributed by atoms with E-state index in [1.807, 2.05) is 6.21 Å². The SMILES string of the molecule is C/C=C/CCCCCC1N=CC[N+]1(CC)C(C)NC(C)=O. The van der Waals surface area contributed by atoms with E-state index in [0.717, 1.165) is 24.0 Å². The summed E-state index contributed by atoms with van der Waals surface area (Å²) >= 11 is 0. The molecule has 0 spiro atoms. The van der Waals surface area contributed by atoms with Crippen LogP contribution in [-0.2, 0) is 4.79 Å². The number of carbonyl (C=O) groups is 1. The molecular weight excluding hydrogens is 262 g/mol. The third-order valence-electron chi connectivity index (χ3n) is 4.63. The molecule has 0 aliphatic carbocycles. The molecule has 1 aliphatic rings. The molecule has 4 heteroatoms. The first kappa shape index (κ1) is 17.9. The Morgan fingerprint density at radius 3 is 2.86 bits per heavy atom. The van der Waals surface area contributed by atoms with Crippen LogP contribution in [0, 0.1) is 0 Å². The first-order valence-electron chi connectivity index (χ1n) is 8.33.